The van der Waals surface area contributed by atoms with Gasteiger partial charge < -0.3 is 4.74 Å². The lowest BCUT2D eigenvalue weighted by atomic mass is 10.2. The first-order valence-corrected chi connectivity index (χ1v) is 10.3. The first kappa shape index (κ1) is 17.9. The summed E-state index contributed by atoms with van der Waals surface area (Å²) in [6.07, 6.45) is 1.89. The molecule has 0 N–H and O–H groups in total. The summed E-state index contributed by atoms with van der Waals surface area (Å²) in [4.78, 5) is 18.1. The first-order valence-electron chi connectivity index (χ1n) is 9.06. The van der Waals surface area contributed by atoms with Gasteiger partial charge in [-0.2, -0.15) is 0 Å². The Morgan fingerprint density at radius 3 is 2.69 bits per heavy atom. The van der Waals surface area contributed by atoms with Gasteiger partial charge in [-0.1, -0.05) is 59.3 Å². The van der Waals surface area contributed by atoms with Gasteiger partial charge in [0.1, 0.15) is 12.4 Å². The third-order valence-electron chi connectivity index (χ3n) is 4.62. The highest BCUT2D eigenvalue weighted by atomic mass is 35.5. The third-order valence-corrected chi connectivity index (χ3v) is 5.82. The quantitative estimate of drug-likeness (QED) is 0.425. The SMILES string of the molecule is O=c1c(=Cc2ccc(OCc3cccc(Cl)c3)cc2)sc2nc3ccccc3n12. The molecule has 0 saturated carbocycles. The zero-order valence-corrected chi connectivity index (χ0v) is 16.8. The lowest BCUT2D eigenvalue weighted by Crippen LogP contribution is -2.22. The molecule has 6 heteroatoms. The van der Waals surface area contributed by atoms with E-state index in [1.54, 1.807) is 4.40 Å². The highest BCUT2D eigenvalue weighted by molar-refractivity contribution is 7.15. The summed E-state index contributed by atoms with van der Waals surface area (Å²) < 4.78 is 8.15. The number of hydrogen-bond donors (Lipinski definition) is 0. The number of halogens is 1. The van der Waals surface area contributed by atoms with Crippen molar-refractivity contribution in [3.8, 4) is 5.75 Å². The number of rotatable bonds is 4. The van der Waals surface area contributed by atoms with Crippen molar-refractivity contribution in [2.45, 2.75) is 6.61 Å². The van der Waals surface area contributed by atoms with Crippen molar-refractivity contribution in [3.63, 3.8) is 0 Å². The summed E-state index contributed by atoms with van der Waals surface area (Å²) in [7, 11) is 0. The number of fused-ring (bicyclic) bond motifs is 3. The maximum absolute atomic E-state index is 12.8. The molecule has 0 spiro atoms. The number of hydrogen-bond acceptors (Lipinski definition) is 4. The highest BCUT2D eigenvalue weighted by Crippen LogP contribution is 2.18. The van der Waals surface area contributed by atoms with Gasteiger partial charge in [-0.25, -0.2) is 9.38 Å². The molecule has 29 heavy (non-hydrogen) atoms. The third kappa shape index (κ3) is 3.50. The number of benzene rings is 3. The summed E-state index contributed by atoms with van der Waals surface area (Å²) in [5.41, 5.74) is 3.58. The van der Waals surface area contributed by atoms with Crippen LogP contribution in [0.15, 0.2) is 77.6 Å². The van der Waals surface area contributed by atoms with E-state index in [0.29, 0.717) is 21.1 Å². The van der Waals surface area contributed by atoms with Crippen LogP contribution in [0.4, 0.5) is 0 Å². The van der Waals surface area contributed by atoms with E-state index < -0.39 is 0 Å². The number of ether oxygens (including phenoxy) is 1. The maximum Gasteiger partial charge on any atom is 0.274 e. The minimum absolute atomic E-state index is 0.0417. The smallest absolute Gasteiger partial charge is 0.274 e. The average Bonchev–Trinajstić information content (AvgIpc) is 3.24. The molecule has 0 atom stereocenters. The number of aromatic nitrogens is 2. The molecule has 0 bridgehead atoms. The van der Waals surface area contributed by atoms with E-state index in [0.717, 1.165) is 27.9 Å². The lowest BCUT2D eigenvalue weighted by molar-refractivity contribution is 0.306. The van der Waals surface area contributed by atoms with Crippen LogP contribution in [0.2, 0.25) is 5.02 Å². The van der Waals surface area contributed by atoms with Gasteiger partial charge in [0.05, 0.1) is 15.6 Å². The average molecular weight is 419 g/mol. The highest BCUT2D eigenvalue weighted by Gasteiger charge is 2.10. The lowest BCUT2D eigenvalue weighted by Gasteiger charge is -2.06. The molecule has 0 amide bonds. The van der Waals surface area contributed by atoms with Crippen LogP contribution in [-0.2, 0) is 6.61 Å². The van der Waals surface area contributed by atoms with Crippen molar-refractivity contribution in [1.29, 1.82) is 0 Å². The number of para-hydroxylation sites is 2. The van der Waals surface area contributed by atoms with Crippen molar-refractivity contribution in [2.24, 2.45) is 0 Å². The molecule has 0 aliphatic heterocycles. The van der Waals surface area contributed by atoms with E-state index in [9.17, 15) is 4.79 Å². The van der Waals surface area contributed by atoms with Crippen molar-refractivity contribution >= 4 is 45.0 Å². The van der Waals surface area contributed by atoms with Crippen LogP contribution < -0.4 is 14.8 Å². The fourth-order valence-corrected chi connectivity index (χ4v) is 4.42. The van der Waals surface area contributed by atoms with Crippen LogP contribution in [0.25, 0.3) is 22.1 Å². The van der Waals surface area contributed by atoms with Gasteiger partial charge in [-0.15, -0.1) is 0 Å². The van der Waals surface area contributed by atoms with Gasteiger partial charge in [0.15, 0.2) is 4.96 Å². The Hall–Kier alpha value is -3.15. The molecule has 4 nitrogen and oxygen atoms in total. The Morgan fingerprint density at radius 2 is 1.86 bits per heavy atom. The molecule has 0 fully saturated rings. The fraction of sp³-hybridized carbons (Fsp3) is 0.0435. The predicted octanol–water partition coefficient (Wildman–Crippen LogP) is 4.69. The zero-order chi connectivity index (χ0) is 19.8. The van der Waals surface area contributed by atoms with Crippen molar-refractivity contribution in [1.82, 2.24) is 9.38 Å². The summed E-state index contributed by atoms with van der Waals surface area (Å²) >= 11 is 7.40. The second-order valence-corrected chi connectivity index (χ2v) is 8.07. The van der Waals surface area contributed by atoms with Gasteiger partial charge in [0.25, 0.3) is 5.56 Å². The molecular weight excluding hydrogens is 404 g/mol. The Balaban J connectivity index is 1.41. The topological polar surface area (TPSA) is 43.6 Å². The minimum atomic E-state index is -0.0417. The van der Waals surface area contributed by atoms with Crippen LogP contribution in [0.1, 0.15) is 11.1 Å². The molecule has 0 aliphatic carbocycles. The molecule has 0 unspecified atom stereocenters. The van der Waals surface area contributed by atoms with Crippen molar-refractivity contribution in [2.75, 3.05) is 0 Å². The molecule has 2 aromatic heterocycles. The van der Waals surface area contributed by atoms with E-state index in [-0.39, 0.29) is 5.56 Å². The van der Waals surface area contributed by atoms with E-state index in [1.165, 1.54) is 11.3 Å². The molecule has 142 valence electrons. The standard InChI is InChI=1S/C23H15ClN2O2S/c24-17-5-3-4-16(12-17)14-28-18-10-8-15(9-11-18)13-21-22(27)26-20-7-2-1-6-19(20)25-23(26)29-21/h1-13H,14H2. The molecule has 0 saturated heterocycles. The van der Waals surface area contributed by atoms with E-state index >= 15 is 0 Å². The van der Waals surface area contributed by atoms with E-state index in [4.69, 9.17) is 16.3 Å². The van der Waals surface area contributed by atoms with Crippen LogP contribution >= 0.6 is 22.9 Å². The largest absolute Gasteiger partial charge is 0.489 e. The number of thiazole rings is 1. The Kier molecular flexibility index (Phi) is 4.54. The van der Waals surface area contributed by atoms with Crippen LogP contribution in [-0.4, -0.2) is 9.38 Å². The zero-order valence-electron chi connectivity index (χ0n) is 15.2. The van der Waals surface area contributed by atoms with Gasteiger partial charge in [0, 0.05) is 5.02 Å². The van der Waals surface area contributed by atoms with Gasteiger partial charge >= 0.3 is 0 Å². The van der Waals surface area contributed by atoms with Crippen LogP contribution in [0.3, 0.4) is 0 Å². The first-order chi connectivity index (χ1) is 14.2. The summed E-state index contributed by atoms with van der Waals surface area (Å²) in [6.45, 7) is 0.448. The van der Waals surface area contributed by atoms with Crippen LogP contribution in [0, 0.1) is 0 Å². The van der Waals surface area contributed by atoms with Crippen molar-refractivity contribution in [3.05, 3.63) is 104 Å². The Morgan fingerprint density at radius 1 is 1.03 bits per heavy atom. The number of nitrogens with zero attached hydrogens (tertiary/aromatic N) is 2. The Labute approximate surface area is 175 Å². The number of imidazole rings is 1. The summed E-state index contributed by atoms with van der Waals surface area (Å²) in [6, 6.07) is 22.9. The normalized spacial score (nSPS) is 12.1. The Bertz CT molecular complexity index is 1440. The molecule has 2 heterocycles. The van der Waals surface area contributed by atoms with Crippen molar-refractivity contribution < 1.29 is 4.74 Å². The molecule has 0 aliphatic rings. The summed E-state index contributed by atoms with van der Waals surface area (Å²) in [5, 5.41) is 0.694. The second kappa shape index (κ2) is 7.35. The molecule has 5 aromatic rings. The van der Waals surface area contributed by atoms with Gasteiger partial charge in [-0.05, 0) is 53.6 Å². The molecule has 3 aromatic carbocycles. The minimum Gasteiger partial charge on any atom is -0.489 e. The van der Waals surface area contributed by atoms with Crippen LogP contribution in [0.5, 0.6) is 5.75 Å². The molecule has 5 rings (SSSR count). The van der Waals surface area contributed by atoms with Gasteiger partial charge in [-0.3, -0.25) is 4.79 Å². The maximum atomic E-state index is 12.8. The monoisotopic (exact) mass is 418 g/mol. The van der Waals surface area contributed by atoms with Gasteiger partial charge in [0.2, 0.25) is 0 Å². The second-order valence-electron chi connectivity index (χ2n) is 6.62. The van der Waals surface area contributed by atoms with E-state index in [2.05, 4.69) is 4.98 Å². The van der Waals surface area contributed by atoms with E-state index in [1.807, 2.05) is 78.9 Å². The fourth-order valence-electron chi connectivity index (χ4n) is 3.22. The summed E-state index contributed by atoms with van der Waals surface area (Å²) in [5.74, 6) is 0.761. The molecule has 0 radical (unpaired) electrons. The molecular formula is C23H15ClN2O2S. The predicted molar refractivity (Wildman–Crippen MR) is 118 cm³/mol.